The van der Waals surface area contributed by atoms with Crippen molar-refractivity contribution in [2.45, 2.75) is 6.92 Å². The van der Waals surface area contributed by atoms with Gasteiger partial charge in [-0.3, -0.25) is 4.79 Å². The van der Waals surface area contributed by atoms with Crippen LogP contribution < -0.4 is 16.0 Å². The van der Waals surface area contributed by atoms with Gasteiger partial charge in [0.25, 0.3) is 5.56 Å². The first kappa shape index (κ1) is 12.7. The van der Waals surface area contributed by atoms with Crippen LogP contribution in [0.5, 0.6) is 5.75 Å². The Bertz CT molecular complexity index is 858. The summed E-state index contributed by atoms with van der Waals surface area (Å²) < 4.78 is 7.02. The van der Waals surface area contributed by atoms with Crippen LogP contribution in [0.3, 0.4) is 0 Å². The molecule has 5 nitrogen and oxygen atoms in total. The molecule has 3 aromatic rings. The maximum Gasteiger partial charge on any atom is 0.333 e. The summed E-state index contributed by atoms with van der Waals surface area (Å²) in [4.78, 5) is 27.1. The van der Waals surface area contributed by atoms with Crippen LogP contribution in [0.4, 0.5) is 0 Å². The number of thiophene rings is 1. The molecule has 1 N–H and O–H groups in total. The molecule has 0 aliphatic heterocycles. The number of ether oxygens (including phenoxy) is 1. The van der Waals surface area contributed by atoms with Gasteiger partial charge in [-0.1, -0.05) is 0 Å². The highest BCUT2D eigenvalue weighted by atomic mass is 32.1. The molecular weight excluding hydrogens is 276 g/mol. The predicted molar refractivity (Wildman–Crippen MR) is 79.2 cm³/mol. The van der Waals surface area contributed by atoms with Crippen molar-refractivity contribution in [1.82, 2.24) is 9.55 Å². The Kier molecular flexibility index (Phi) is 3.15. The largest absolute Gasteiger partial charge is 0.494 e. The molecule has 0 atom stereocenters. The topological polar surface area (TPSA) is 64.1 Å². The van der Waals surface area contributed by atoms with E-state index in [1.54, 1.807) is 35.7 Å². The minimum Gasteiger partial charge on any atom is -0.494 e. The summed E-state index contributed by atoms with van der Waals surface area (Å²) in [5.74, 6) is 0.706. The van der Waals surface area contributed by atoms with Crippen LogP contribution in [-0.4, -0.2) is 16.2 Å². The maximum atomic E-state index is 12.3. The number of aromatic nitrogens is 2. The number of H-pyrrole nitrogens is 1. The normalized spacial score (nSPS) is 10.8. The van der Waals surface area contributed by atoms with Gasteiger partial charge in [-0.25, -0.2) is 9.36 Å². The van der Waals surface area contributed by atoms with E-state index in [1.807, 2.05) is 6.92 Å². The SMILES string of the molecule is CCOc1ccc(-n2c(=O)[nH]c3ccsc3c2=O)cc1. The molecule has 0 bridgehead atoms. The Balaban J connectivity index is 2.18. The average Bonchev–Trinajstić information content (AvgIpc) is 2.89. The number of benzene rings is 1. The fourth-order valence-corrected chi connectivity index (χ4v) is 2.81. The highest BCUT2D eigenvalue weighted by Crippen LogP contribution is 2.16. The van der Waals surface area contributed by atoms with Gasteiger partial charge >= 0.3 is 5.69 Å². The van der Waals surface area contributed by atoms with Crippen molar-refractivity contribution in [3.63, 3.8) is 0 Å². The van der Waals surface area contributed by atoms with Gasteiger partial charge in [-0.15, -0.1) is 11.3 Å². The number of nitrogens with zero attached hydrogens (tertiary/aromatic N) is 1. The van der Waals surface area contributed by atoms with Gasteiger partial charge < -0.3 is 9.72 Å². The average molecular weight is 288 g/mol. The van der Waals surface area contributed by atoms with E-state index in [0.29, 0.717) is 28.3 Å². The van der Waals surface area contributed by atoms with Crippen LogP contribution in [-0.2, 0) is 0 Å². The van der Waals surface area contributed by atoms with Crippen LogP contribution >= 0.6 is 11.3 Å². The highest BCUT2D eigenvalue weighted by molar-refractivity contribution is 7.17. The molecule has 1 aromatic carbocycles. The van der Waals surface area contributed by atoms with Gasteiger partial charge in [0.1, 0.15) is 10.4 Å². The zero-order chi connectivity index (χ0) is 14.1. The van der Waals surface area contributed by atoms with Crippen LogP contribution in [0.2, 0.25) is 0 Å². The van der Waals surface area contributed by atoms with Crippen molar-refractivity contribution >= 4 is 21.6 Å². The summed E-state index contributed by atoms with van der Waals surface area (Å²) in [6.45, 7) is 2.47. The van der Waals surface area contributed by atoms with E-state index in [0.717, 1.165) is 4.57 Å². The zero-order valence-electron chi connectivity index (χ0n) is 10.8. The van der Waals surface area contributed by atoms with E-state index in [9.17, 15) is 9.59 Å². The lowest BCUT2D eigenvalue weighted by atomic mass is 10.3. The van der Waals surface area contributed by atoms with Gasteiger partial charge in [-0.05, 0) is 42.6 Å². The third kappa shape index (κ3) is 2.04. The number of nitrogens with one attached hydrogen (secondary N) is 1. The van der Waals surface area contributed by atoms with Gasteiger partial charge in [0.2, 0.25) is 0 Å². The van der Waals surface area contributed by atoms with Gasteiger partial charge in [0.05, 0.1) is 17.8 Å². The molecule has 2 aromatic heterocycles. The third-order valence-corrected chi connectivity index (χ3v) is 3.82. The Labute approximate surface area is 118 Å². The molecule has 0 radical (unpaired) electrons. The number of rotatable bonds is 3. The van der Waals surface area contributed by atoms with Crippen molar-refractivity contribution in [3.05, 3.63) is 56.5 Å². The molecule has 0 amide bonds. The van der Waals surface area contributed by atoms with Crippen LogP contribution in [0, 0.1) is 0 Å². The van der Waals surface area contributed by atoms with Crippen molar-refractivity contribution in [1.29, 1.82) is 0 Å². The monoisotopic (exact) mass is 288 g/mol. The third-order valence-electron chi connectivity index (χ3n) is 2.91. The van der Waals surface area contributed by atoms with E-state index in [1.165, 1.54) is 11.3 Å². The predicted octanol–water partition coefficient (Wildman–Crippen LogP) is 2.14. The Morgan fingerprint density at radius 3 is 2.65 bits per heavy atom. The quantitative estimate of drug-likeness (QED) is 0.803. The molecule has 0 saturated carbocycles. The van der Waals surface area contributed by atoms with E-state index in [-0.39, 0.29) is 5.56 Å². The van der Waals surface area contributed by atoms with Crippen LogP contribution in [0.25, 0.3) is 15.9 Å². The first-order valence-electron chi connectivity index (χ1n) is 6.16. The van der Waals surface area contributed by atoms with Crippen molar-refractivity contribution in [2.75, 3.05) is 6.61 Å². The Hall–Kier alpha value is -2.34. The number of hydrogen-bond donors (Lipinski definition) is 1. The zero-order valence-corrected chi connectivity index (χ0v) is 11.6. The Morgan fingerprint density at radius 1 is 1.20 bits per heavy atom. The number of fused-ring (bicyclic) bond motifs is 1. The lowest BCUT2D eigenvalue weighted by molar-refractivity contribution is 0.340. The van der Waals surface area contributed by atoms with Crippen LogP contribution in [0.15, 0.2) is 45.3 Å². The maximum absolute atomic E-state index is 12.3. The molecule has 0 saturated heterocycles. The molecule has 0 unspecified atom stereocenters. The molecule has 0 spiro atoms. The molecule has 0 aliphatic carbocycles. The summed E-state index contributed by atoms with van der Waals surface area (Å²) in [5, 5.41) is 1.78. The molecule has 3 rings (SSSR count). The first-order chi connectivity index (χ1) is 9.70. The van der Waals surface area contributed by atoms with Crippen molar-refractivity contribution < 1.29 is 4.74 Å². The second-order valence-corrected chi connectivity index (χ2v) is 5.08. The van der Waals surface area contributed by atoms with Gasteiger partial charge in [0.15, 0.2) is 0 Å². The van der Waals surface area contributed by atoms with Crippen molar-refractivity contribution in [3.8, 4) is 11.4 Å². The molecule has 102 valence electrons. The molecule has 0 aliphatic rings. The molecule has 0 fully saturated rings. The van der Waals surface area contributed by atoms with E-state index >= 15 is 0 Å². The minimum atomic E-state index is -0.440. The van der Waals surface area contributed by atoms with Crippen molar-refractivity contribution in [2.24, 2.45) is 0 Å². The second kappa shape index (κ2) is 4.97. The summed E-state index contributed by atoms with van der Waals surface area (Å²) in [6.07, 6.45) is 0. The minimum absolute atomic E-state index is 0.303. The van der Waals surface area contributed by atoms with Gasteiger partial charge in [-0.2, -0.15) is 0 Å². The highest BCUT2D eigenvalue weighted by Gasteiger charge is 2.10. The van der Waals surface area contributed by atoms with E-state index in [2.05, 4.69) is 4.98 Å². The molecule has 6 heteroatoms. The Morgan fingerprint density at radius 2 is 1.95 bits per heavy atom. The fraction of sp³-hybridized carbons (Fsp3) is 0.143. The first-order valence-corrected chi connectivity index (χ1v) is 7.04. The lowest BCUT2D eigenvalue weighted by Gasteiger charge is -2.06. The summed E-state index contributed by atoms with van der Waals surface area (Å²) in [7, 11) is 0. The fourth-order valence-electron chi connectivity index (χ4n) is 2.03. The van der Waals surface area contributed by atoms with E-state index < -0.39 is 5.69 Å². The van der Waals surface area contributed by atoms with Crippen LogP contribution in [0.1, 0.15) is 6.92 Å². The molecule has 20 heavy (non-hydrogen) atoms. The second-order valence-electron chi connectivity index (χ2n) is 4.16. The van der Waals surface area contributed by atoms with Gasteiger partial charge in [0, 0.05) is 0 Å². The molecular formula is C14H12N2O3S. The number of aromatic amines is 1. The summed E-state index contributed by atoms with van der Waals surface area (Å²) in [5.41, 5.74) is 0.357. The smallest absolute Gasteiger partial charge is 0.333 e. The summed E-state index contributed by atoms with van der Waals surface area (Å²) in [6, 6.07) is 8.60. The molecule has 2 heterocycles. The standard InChI is InChI=1S/C14H12N2O3S/c1-2-19-10-5-3-9(4-6-10)16-13(17)12-11(7-8-20-12)15-14(16)18/h3-8H,2H2,1H3,(H,15,18). The lowest BCUT2D eigenvalue weighted by Crippen LogP contribution is -2.32. The van der Waals surface area contributed by atoms with E-state index in [4.69, 9.17) is 4.74 Å². The number of hydrogen-bond acceptors (Lipinski definition) is 4. The summed E-state index contributed by atoms with van der Waals surface area (Å²) >= 11 is 1.31.